The Labute approximate surface area is 185 Å². The maximum absolute atomic E-state index is 13.1. The zero-order valence-electron chi connectivity index (χ0n) is 17.3. The molecule has 0 N–H and O–H groups in total. The lowest BCUT2D eigenvalue weighted by atomic mass is 9.93. The van der Waals surface area contributed by atoms with Crippen LogP contribution < -0.4 is 0 Å². The minimum absolute atomic E-state index is 0.00852. The highest BCUT2D eigenvalue weighted by atomic mass is 32.1. The smallest absolute Gasteiger partial charge is 0.255 e. The molecular formula is C24H23N5OS. The monoisotopic (exact) mass is 429 g/mol. The molecule has 1 atom stereocenters. The Hall–Kier alpha value is -3.16. The summed E-state index contributed by atoms with van der Waals surface area (Å²) in [5.74, 6) is 0.00852. The fourth-order valence-electron chi connectivity index (χ4n) is 4.29. The maximum atomic E-state index is 13.1. The zero-order valence-corrected chi connectivity index (χ0v) is 18.1. The van der Waals surface area contributed by atoms with Crippen molar-refractivity contribution < 1.29 is 4.79 Å². The molecule has 0 aliphatic carbocycles. The molecule has 1 saturated heterocycles. The van der Waals surface area contributed by atoms with Gasteiger partial charge in [-0.3, -0.25) is 9.69 Å². The first-order chi connectivity index (χ1) is 15.2. The molecule has 1 unspecified atom stereocenters. The third kappa shape index (κ3) is 3.94. The average molecular weight is 430 g/mol. The summed E-state index contributed by atoms with van der Waals surface area (Å²) in [6.45, 7) is 5.16. The molecule has 0 saturated carbocycles. The van der Waals surface area contributed by atoms with Crippen molar-refractivity contribution >= 4 is 28.8 Å². The number of benzene rings is 2. The largest absolute Gasteiger partial charge is 0.336 e. The van der Waals surface area contributed by atoms with E-state index in [0.717, 1.165) is 24.8 Å². The van der Waals surface area contributed by atoms with Crippen LogP contribution in [0.1, 0.15) is 33.1 Å². The van der Waals surface area contributed by atoms with Crippen molar-refractivity contribution in [3.8, 4) is 0 Å². The molecule has 0 bridgehead atoms. The number of amides is 1. The Kier molecular flexibility index (Phi) is 5.44. The molecule has 156 valence electrons. The molecule has 1 aliphatic heterocycles. The lowest BCUT2D eigenvalue weighted by Gasteiger charge is -2.40. The van der Waals surface area contributed by atoms with E-state index in [1.54, 1.807) is 12.3 Å². The van der Waals surface area contributed by atoms with Crippen LogP contribution in [0.25, 0.3) is 11.2 Å². The van der Waals surface area contributed by atoms with Crippen molar-refractivity contribution in [1.82, 2.24) is 23.5 Å². The van der Waals surface area contributed by atoms with Gasteiger partial charge >= 0.3 is 0 Å². The van der Waals surface area contributed by atoms with Crippen molar-refractivity contribution in [2.45, 2.75) is 13.0 Å². The molecule has 2 aromatic carbocycles. The highest BCUT2D eigenvalue weighted by Gasteiger charge is 2.29. The van der Waals surface area contributed by atoms with Gasteiger partial charge in [0, 0.05) is 32.4 Å². The number of aryl methyl sites for hydroxylation is 1. The van der Waals surface area contributed by atoms with Gasteiger partial charge in [0.25, 0.3) is 5.91 Å². The van der Waals surface area contributed by atoms with Gasteiger partial charge in [-0.05, 0) is 29.7 Å². The number of carbonyl (C=O) groups excluding carboxylic acids is 1. The van der Waals surface area contributed by atoms with Crippen molar-refractivity contribution in [3.05, 3.63) is 89.1 Å². The Morgan fingerprint density at radius 2 is 1.71 bits per heavy atom. The van der Waals surface area contributed by atoms with Crippen LogP contribution in [0, 0.1) is 6.92 Å². The average Bonchev–Trinajstić information content (AvgIpc) is 3.29. The number of fused-ring (bicyclic) bond motifs is 1. The summed E-state index contributed by atoms with van der Waals surface area (Å²) in [6, 6.07) is 21.2. The standard InChI is InChI=1S/C24H23N5OS/c1-17-7-5-6-10-20(17)22(18-8-3-2-4-9-18)28-11-13-29(14-12-28)24(30)19-15-21-23(25-16-19)27-31-26-21/h2-10,15-16,22H,11-14H2,1H3. The lowest BCUT2D eigenvalue weighted by Crippen LogP contribution is -2.50. The summed E-state index contributed by atoms with van der Waals surface area (Å²) in [5, 5.41) is 0. The fourth-order valence-corrected chi connectivity index (χ4v) is 4.77. The second-order valence-electron chi connectivity index (χ2n) is 7.83. The number of aromatic nitrogens is 3. The molecule has 1 aliphatic rings. The zero-order chi connectivity index (χ0) is 21.2. The molecule has 7 heteroatoms. The second-order valence-corrected chi connectivity index (χ2v) is 8.36. The lowest BCUT2D eigenvalue weighted by molar-refractivity contribution is 0.0596. The molecule has 4 aromatic rings. The van der Waals surface area contributed by atoms with Gasteiger partial charge in [0.1, 0.15) is 5.52 Å². The molecule has 5 rings (SSSR count). The topological polar surface area (TPSA) is 62.2 Å². The van der Waals surface area contributed by atoms with Gasteiger partial charge in [0.2, 0.25) is 0 Å². The van der Waals surface area contributed by atoms with Crippen LogP contribution in [0.2, 0.25) is 0 Å². The molecule has 31 heavy (non-hydrogen) atoms. The highest BCUT2D eigenvalue weighted by molar-refractivity contribution is 7.00. The summed E-state index contributed by atoms with van der Waals surface area (Å²) in [6.07, 6.45) is 1.61. The third-order valence-electron chi connectivity index (χ3n) is 5.93. The molecule has 2 aromatic heterocycles. The van der Waals surface area contributed by atoms with Gasteiger partial charge in [-0.25, -0.2) is 4.98 Å². The first-order valence-corrected chi connectivity index (χ1v) is 11.2. The predicted octanol–water partition coefficient (Wildman–Crippen LogP) is 3.94. The van der Waals surface area contributed by atoms with E-state index in [0.29, 0.717) is 29.8 Å². The number of piperazine rings is 1. The number of nitrogens with zero attached hydrogens (tertiary/aromatic N) is 5. The van der Waals surface area contributed by atoms with Crippen LogP contribution in [0.3, 0.4) is 0 Å². The van der Waals surface area contributed by atoms with Gasteiger partial charge in [-0.2, -0.15) is 8.75 Å². The number of rotatable bonds is 4. The minimum atomic E-state index is 0.00852. The summed E-state index contributed by atoms with van der Waals surface area (Å²) < 4.78 is 8.32. The molecule has 1 amide bonds. The van der Waals surface area contributed by atoms with E-state index in [4.69, 9.17) is 0 Å². The van der Waals surface area contributed by atoms with Crippen molar-refractivity contribution in [2.75, 3.05) is 26.2 Å². The molecule has 0 spiro atoms. The third-order valence-corrected chi connectivity index (χ3v) is 6.46. The van der Waals surface area contributed by atoms with Crippen LogP contribution in [-0.4, -0.2) is 55.6 Å². The highest BCUT2D eigenvalue weighted by Crippen LogP contribution is 2.31. The Morgan fingerprint density at radius 1 is 0.968 bits per heavy atom. The Balaban J connectivity index is 1.36. The van der Waals surface area contributed by atoms with Gasteiger partial charge < -0.3 is 4.90 Å². The molecular weight excluding hydrogens is 406 g/mol. The summed E-state index contributed by atoms with van der Waals surface area (Å²) >= 11 is 1.12. The quantitative estimate of drug-likeness (QED) is 0.492. The van der Waals surface area contributed by atoms with Crippen LogP contribution in [0.5, 0.6) is 0 Å². The maximum Gasteiger partial charge on any atom is 0.255 e. The first-order valence-electron chi connectivity index (χ1n) is 10.4. The van der Waals surface area contributed by atoms with Crippen LogP contribution in [0.4, 0.5) is 0 Å². The van der Waals surface area contributed by atoms with Gasteiger partial charge in [0.05, 0.1) is 23.3 Å². The summed E-state index contributed by atoms with van der Waals surface area (Å²) in [7, 11) is 0. The molecule has 6 nitrogen and oxygen atoms in total. The van der Waals surface area contributed by atoms with E-state index in [-0.39, 0.29) is 11.9 Å². The van der Waals surface area contributed by atoms with Crippen LogP contribution in [-0.2, 0) is 0 Å². The minimum Gasteiger partial charge on any atom is -0.336 e. The van der Waals surface area contributed by atoms with Gasteiger partial charge in [-0.1, -0.05) is 54.6 Å². The van der Waals surface area contributed by atoms with E-state index < -0.39 is 0 Å². The van der Waals surface area contributed by atoms with Gasteiger partial charge in [0.15, 0.2) is 5.65 Å². The van der Waals surface area contributed by atoms with Crippen LogP contribution >= 0.6 is 11.7 Å². The normalized spacial score (nSPS) is 15.8. The number of hydrogen-bond donors (Lipinski definition) is 0. The van der Waals surface area contributed by atoms with Crippen molar-refractivity contribution in [3.63, 3.8) is 0 Å². The van der Waals surface area contributed by atoms with E-state index in [1.807, 2.05) is 4.90 Å². The van der Waals surface area contributed by atoms with Crippen molar-refractivity contribution in [2.24, 2.45) is 0 Å². The van der Waals surface area contributed by atoms with E-state index >= 15 is 0 Å². The molecule has 1 fully saturated rings. The number of hydrogen-bond acceptors (Lipinski definition) is 6. The SMILES string of the molecule is Cc1ccccc1C(c1ccccc1)N1CCN(C(=O)c2cnc3nsnc3c2)CC1. The fraction of sp³-hybridized carbons (Fsp3) is 0.250. The number of carbonyl (C=O) groups is 1. The van der Waals surface area contributed by atoms with E-state index in [9.17, 15) is 4.79 Å². The van der Waals surface area contributed by atoms with Crippen LogP contribution in [0.15, 0.2) is 66.9 Å². The molecule has 0 radical (unpaired) electrons. The summed E-state index contributed by atoms with van der Waals surface area (Å²) in [4.78, 5) is 21.7. The first kappa shape index (κ1) is 19.8. The molecule has 3 heterocycles. The van der Waals surface area contributed by atoms with Gasteiger partial charge in [-0.15, -0.1) is 0 Å². The van der Waals surface area contributed by atoms with Crippen molar-refractivity contribution in [1.29, 1.82) is 0 Å². The summed E-state index contributed by atoms with van der Waals surface area (Å²) in [5.41, 5.74) is 5.73. The number of pyridine rings is 1. The Morgan fingerprint density at radius 3 is 2.48 bits per heavy atom. The Bertz CT molecular complexity index is 1200. The van der Waals surface area contributed by atoms with E-state index in [2.05, 4.69) is 80.2 Å². The predicted molar refractivity (Wildman–Crippen MR) is 122 cm³/mol. The second kappa shape index (κ2) is 8.53. The van der Waals surface area contributed by atoms with E-state index in [1.165, 1.54) is 16.7 Å².